The summed E-state index contributed by atoms with van der Waals surface area (Å²) in [4.78, 5) is 34.2. The summed E-state index contributed by atoms with van der Waals surface area (Å²) in [5.41, 5.74) is 0.531. The monoisotopic (exact) mass is 410 g/mol. The van der Waals surface area contributed by atoms with Crippen molar-refractivity contribution in [1.29, 1.82) is 0 Å². The zero-order valence-corrected chi connectivity index (χ0v) is 16.8. The van der Waals surface area contributed by atoms with Crippen molar-refractivity contribution in [1.82, 2.24) is 14.9 Å². The van der Waals surface area contributed by atoms with Crippen LogP contribution in [0.15, 0.2) is 29.2 Å². The van der Waals surface area contributed by atoms with Gasteiger partial charge >= 0.3 is 0 Å². The highest BCUT2D eigenvalue weighted by Crippen LogP contribution is 2.22. The Bertz CT molecular complexity index is 815. The lowest BCUT2D eigenvalue weighted by Gasteiger charge is -2.31. The highest BCUT2D eigenvalue weighted by Gasteiger charge is 2.29. The van der Waals surface area contributed by atoms with Gasteiger partial charge in [0.05, 0.1) is 11.4 Å². The van der Waals surface area contributed by atoms with Crippen molar-refractivity contribution in [3.8, 4) is 0 Å². The van der Waals surface area contributed by atoms with Gasteiger partial charge < -0.3 is 16.0 Å². The largest absolute Gasteiger partial charge is 0.352 e. The number of sulfonamides is 1. The van der Waals surface area contributed by atoms with Crippen molar-refractivity contribution in [3.05, 3.63) is 24.3 Å². The number of carbonyl (C=O) groups excluding carboxylic acids is 3. The van der Waals surface area contributed by atoms with Crippen molar-refractivity contribution < 1.29 is 22.8 Å². The molecule has 10 heteroatoms. The third-order valence-electron chi connectivity index (χ3n) is 4.40. The number of nitrogens with zero attached hydrogens (tertiary/aromatic N) is 1. The van der Waals surface area contributed by atoms with E-state index in [0.717, 1.165) is 0 Å². The molecule has 1 aliphatic rings. The van der Waals surface area contributed by atoms with Gasteiger partial charge in [0.1, 0.15) is 0 Å². The van der Waals surface area contributed by atoms with E-state index in [4.69, 9.17) is 0 Å². The molecule has 28 heavy (non-hydrogen) atoms. The number of hydrogen-bond donors (Lipinski definition) is 3. The normalized spacial score (nSPS) is 15.6. The van der Waals surface area contributed by atoms with Crippen LogP contribution in [0.5, 0.6) is 0 Å². The Kier molecular flexibility index (Phi) is 7.53. The maximum absolute atomic E-state index is 12.8. The smallest absolute Gasteiger partial charge is 0.243 e. The first-order valence-electron chi connectivity index (χ1n) is 9.16. The quantitative estimate of drug-likeness (QED) is 0.602. The van der Waals surface area contributed by atoms with Gasteiger partial charge in [-0.25, -0.2) is 8.42 Å². The minimum atomic E-state index is -3.63. The lowest BCUT2D eigenvalue weighted by Crippen LogP contribution is -2.48. The molecule has 1 fully saturated rings. The average Bonchev–Trinajstić information content (AvgIpc) is 2.66. The Balaban J connectivity index is 1.88. The summed E-state index contributed by atoms with van der Waals surface area (Å²) >= 11 is 0. The lowest BCUT2D eigenvalue weighted by atomic mass is 10.1. The van der Waals surface area contributed by atoms with E-state index in [0.29, 0.717) is 38.0 Å². The number of amides is 3. The van der Waals surface area contributed by atoms with E-state index in [1.54, 1.807) is 19.1 Å². The Morgan fingerprint density at radius 3 is 2.21 bits per heavy atom. The second kappa shape index (κ2) is 9.65. The fourth-order valence-electron chi connectivity index (χ4n) is 2.89. The van der Waals surface area contributed by atoms with Crippen LogP contribution in [-0.4, -0.2) is 56.1 Å². The predicted molar refractivity (Wildman–Crippen MR) is 104 cm³/mol. The number of hydrogen-bond acceptors (Lipinski definition) is 5. The number of carbonyl (C=O) groups is 3. The van der Waals surface area contributed by atoms with Crippen LogP contribution in [0.25, 0.3) is 0 Å². The van der Waals surface area contributed by atoms with E-state index in [1.165, 1.54) is 23.4 Å². The third kappa shape index (κ3) is 6.03. The summed E-state index contributed by atoms with van der Waals surface area (Å²) in [6.07, 6.45) is 1.31. The van der Waals surface area contributed by atoms with Crippen LogP contribution >= 0.6 is 0 Å². The molecule has 1 heterocycles. The predicted octanol–water partition coefficient (Wildman–Crippen LogP) is 0.441. The van der Waals surface area contributed by atoms with E-state index in [-0.39, 0.29) is 35.2 Å². The molecule has 0 spiro atoms. The first kappa shape index (κ1) is 21.8. The Hall–Kier alpha value is -2.46. The molecule has 1 aromatic carbocycles. The second-order valence-corrected chi connectivity index (χ2v) is 8.52. The van der Waals surface area contributed by atoms with Crippen LogP contribution in [0.3, 0.4) is 0 Å². The molecule has 1 saturated heterocycles. The minimum Gasteiger partial charge on any atom is -0.352 e. The molecule has 3 amide bonds. The summed E-state index contributed by atoms with van der Waals surface area (Å²) < 4.78 is 26.9. The van der Waals surface area contributed by atoms with Gasteiger partial charge in [0.15, 0.2) is 0 Å². The van der Waals surface area contributed by atoms with E-state index < -0.39 is 10.0 Å². The Morgan fingerprint density at radius 2 is 1.68 bits per heavy atom. The number of anilines is 1. The third-order valence-corrected chi connectivity index (χ3v) is 6.31. The maximum Gasteiger partial charge on any atom is 0.243 e. The first-order valence-corrected chi connectivity index (χ1v) is 10.6. The Labute approximate surface area is 164 Å². The fraction of sp³-hybridized carbons (Fsp3) is 0.500. The molecule has 0 bridgehead atoms. The molecule has 3 N–H and O–H groups in total. The van der Waals surface area contributed by atoms with Crippen LogP contribution in [-0.2, 0) is 24.4 Å². The van der Waals surface area contributed by atoms with E-state index in [2.05, 4.69) is 16.0 Å². The number of rotatable bonds is 7. The highest BCUT2D eigenvalue weighted by molar-refractivity contribution is 7.89. The summed E-state index contributed by atoms with van der Waals surface area (Å²) in [5.74, 6) is -0.703. The second-order valence-electron chi connectivity index (χ2n) is 6.58. The van der Waals surface area contributed by atoms with Crippen LogP contribution < -0.4 is 16.0 Å². The van der Waals surface area contributed by atoms with Crippen LogP contribution in [0.4, 0.5) is 5.69 Å². The van der Waals surface area contributed by atoms with E-state index >= 15 is 0 Å². The molecule has 0 saturated carbocycles. The van der Waals surface area contributed by atoms with Crippen LogP contribution in [0.1, 0.15) is 33.1 Å². The van der Waals surface area contributed by atoms with Crippen molar-refractivity contribution in [2.75, 3.05) is 25.0 Å². The molecule has 0 unspecified atom stereocenters. The summed E-state index contributed by atoms with van der Waals surface area (Å²) in [6, 6.07) is 5.90. The van der Waals surface area contributed by atoms with Crippen LogP contribution in [0.2, 0.25) is 0 Å². The van der Waals surface area contributed by atoms with E-state index in [1.807, 2.05) is 0 Å². The van der Waals surface area contributed by atoms with Crippen molar-refractivity contribution in [2.24, 2.45) is 0 Å². The standard InChI is InChI=1S/C18H26N4O5S/c1-3-17(24)19-12-18(25)21-15-8-10-22(11-9-15)28(26,27)16-6-4-14(5-7-16)20-13(2)23/h4-7,15H,3,8-12H2,1-2H3,(H,19,24)(H,20,23)(H,21,25). The van der Waals surface area contributed by atoms with Gasteiger partial charge in [0.2, 0.25) is 27.7 Å². The minimum absolute atomic E-state index is 0.0775. The summed E-state index contributed by atoms with van der Waals surface area (Å²) in [7, 11) is -3.63. The number of piperidine rings is 1. The van der Waals surface area contributed by atoms with Gasteiger partial charge in [-0.15, -0.1) is 0 Å². The first-order chi connectivity index (χ1) is 13.2. The molecule has 1 aliphatic heterocycles. The average molecular weight is 410 g/mol. The van der Waals surface area contributed by atoms with Gasteiger partial charge in [-0.3, -0.25) is 14.4 Å². The molecule has 2 rings (SSSR count). The van der Waals surface area contributed by atoms with Crippen molar-refractivity contribution >= 4 is 33.4 Å². The van der Waals surface area contributed by atoms with Gasteiger partial charge in [0, 0.05) is 38.2 Å². The number of nitrogens with one attached hydrogen (secondary N) is 3. The zero-order valence-electron chi connectivity index (χ0n) is 16.0. The molecule has 0 atom stereocenters. The molecular weight excluding hydrogens is 384 g/mol. The van der Waals surface area contributed by atoms with Gasteiger partial charge in [-0.1, -0.05) is 6.92 Å². The molecule has 1 aromatic rings. The van der Waals surface area contributed by atoms with E-state index in [9.17, 15) is 22.8 Å². The lowest BCUT2D eigenvalue weighted by molar-refractivity contribution is -0.126. The highest BCUT2D eigenvalue weighted by atomic mass is 32.2. The molecular formula is C18H26N4O5S. The summed E-state index contributed by atoms with van der Waals surface area (Å²) in [6.45, 7) is 3.60. The molecule has 0 radical (unpaired) electrons. The van der Waals surface area contributed by atoms with Crippen molar-refractivity contribution in [2.45, 2.75) is 44.0 Å². The molecule has 154 valence electrons. The molecule has 0 aliphatic carbocycles. The molecule has 9 nitrogen and oxygen atoms in total. The topological polar surface area (TPSA) is 125 Å². The summed E-state index contributed by atoms with van der Waals surface area (Å²) in [5, 5.41) is 7.92. The SMILES string of the molecule is CCC(=O)NCC(=O)NC1CCN(S(=O)(=O)c2ccc(NC(C)=O)cc2)CC1. The van der Waals surface area contributed by atoms with Gasteiger partial charge in [-0.2, -0.15) is 4.31 Å². The molecule has 0 aromatic heterocycles. The Morgan fingerprint density at radius 1 is 1.07 bits per heavy atom. The van der Waals surface area contributed by atoms with Gasteiger partial charge in [0.25, 0.3) is 0 Å². The van der Waals surface area contributed by atoms with Gasteiger partial charge in [-0.05, 0) is 37.1 Å². The van der Waals surface area contributed by atoms with Crippen LogP contribution in [0, 0.1) is 0 Å². The van der Waals surface area contributed by atoms with Crippen molar-refractivity contribution in [3.63, 3.8) is 0 Å². The zero-order chi connectivity index (χ0) is 20.7. The number of benzene rings is 1. The fourth-order valence-corrected chi connectivity index (χ4v) is 4.36. The maximum atomic E-state index is 12.8.